The van der Waals surface area contributed by atoms with E-state index in [1.54, 1.807) is 25.7 Å². The molecule has 0 aliphatic heterocycles. The Morgan fingerprint density at radius 1 is 1.16 bits per heavy atom. The van der Waals surface area contributed by atoms with Gasteiger partial charge in [-0.25, -0.2) is 9.97 Å². The van der Waals surface area contributed by atoms with Crippen molar-refractivity contribution in [2.45, 2.75) is 32.1 Å². The van der Waals surface area contributed by atoms with Gasteiger partial charge in [0, 0.05) is 49.7 Å². The zero-order valence-corrected chi connectivity index (χ0v) is 18.1. The lowest BCUT2D eigenvalue weighted by molar-refractivity contribution is 0.0760. The van der Waals surface area contributed by atoms with Gasteiger partial charge in [0.15, 0.2) is 0 Å². The van der Waals surface area contributed by atoms with Crippen LogP contribution in [-0.2, 0) is 0 Å². The number of carbonyl (C=O) groups is 1. The molecule has 0 atom stereocenters. The summed E-state index contributed by atoms with van der Waals surface area (Å²) >= 11 is 0. The van der Waals surface area contributed by atoms with Crippen molar-refractivity contribution < 1.29 is 4.79 Å². The molecule has 1 aromatic carbocycles. The third-order valence-electron chi connectivity index (χ3n) is 5.91. The Morgan fingerprint density at radius 3 is 2.74 bits per heavy atom. The lowest BCUT2D eigenvalue weighted by Gasteiger charge is -2.27. The summed E-state index contributed by atoms with van der Waals surface area (Å²) in [5, 5.41) is 0. The molecule has 7 nitrogen and oxygen atoms in total. The van der Waals surface area contributed by atoms with Gasteiger partial charge in [-0.15, -0.1) is 0 Å². The van der Waals surface area contributed by atoms with Crippen LogP contribution in [-0.4, -0.2) is 52.6 Å². The van der Waals surface area contributed by atoms with Crippen molar-refractivity contribution in [3.8, 4) is 11.3 Å². The van der Waals surface area contributed by atoms with Crippen molar-refractivity contribution >= 4 is 29.0 Å². The quantitative estimate of drug-likeness (QED) is 0.635. The molecule has 2 heterocycles. The fraction of sp³-hybridized carbons (Fsp3) is 0.375. The topological polar surface area (TPSA) is 97.4 Å². The van der Waals surface area contributed by atoms with Crippen molar-refractivity contribution in [1.29, 1.82) is 0 Å². The number of nitrogen functional groups attached to an aromatic ring is 1. The first-order valence-electron chi connectivity index (χ1n) is 10.8. The first kappa shape index (κ1) is 20.9. The molecule has 160 valence electrons. The maximum absolute atomic E-state index is 13.0. The predicted molar refractivity (Wildman–Crippen MR) is 124 cm³/mol. The lowest BCUT2D eigenvalue weighted by Crippen LogP contribution is -2.32. The second-order valence-corrected chi connectivity index (χ2v) is 8.23. The number of fused-ring (bicyclic) bond motifs is 1. The number of nitrogens with zero attached hydrogens (tertiary/aromatic N) is 5. The van der Waals surface area contributed by atoms with Crippen molar-refractivity contribution in [2.75, 3.05) is 26.4 Å². The molecule has 0 radical (unpaired) electrons. The number of hydrogen-bond donors (Lipinski definition) is 1. The summed E-state index contributed by atoms with van der Waals surface area (Å²) in [4.78, 5) is 32.4. The van der Waals surface area contributed by atoms with Crippen LogP contribution in [0.3, 0.4) is 0 Å². The highest BCUT2D eigenvalue weighted by atomic mass is 16.2. The van der Waals surface area contributed by atoms with Gasteiger partial charge in [-0.1, -0.05) is 19.3 Å². The van der Waals surface area contributed by atoms with E-state index in [1.165, 1.54) is 32.1 Å². The Labute approximate surface area is 182 Å². The van der Waals surface area contributed by atoms with Crippen molar-refractivity contribution in [3.05, 3.63) is 47.8 Å². The lowest BCUT2D eigenvalue weighted by atomic mass is 9.89. The first-order chi connectivity index (χ1) is 15.0. The molecular formula is C24H28N6O. The average Bonchev–Trinajstić information content (AvgIpc) is 2.80. The SMILES string of the molecule is CN=Cc1cc(-c2cnc3ccc(C(=O)N(C)CC4CCCCC4)cc3n2)cnc1N. The van der Waals surface area contributed by atoms with Crippen LogP contribution in [0.25, 0.3) is 22.3 Å². The molecule has 1 amide bonds. The van der Waals surface area contributed by atoms with E-state index in [9.17, 15) is 4.79 Å². The van der Waals surface area contributed by atoms with Crippen LogP contribution in [0.2, 0.25) is 0 Å². The Morgan fingerprint density at radius 2 is 1.97 bits per heavy atom. The largest absolute Gasteiger partial charge is 0.383 e. The molecule has 0 spiro atoms. The molecule has 4 rings (SSSR count). The summed E-state index contributed by atoms with van der Waals surface area (Å²) < 4.78 is 0. The van der Waals surface area contributed by atoms with Gasteiger partial charge < -0.3 is 10.6 Å². The monoisotopic (exact) mass is 416 g/mol. The van der Waals surface area contributed by atoms with Crippen LogP contribution in [0.4, 0.5) is 5.82 Å². The van der Waals surface area contributed by atoms with Gasteiger partial charge in [0.1, 0.15) is 5.82 Å². The van der Waals surface area contributed by atoms with Crippen LogP contribution in [0.1, 0.15) is 48.0 Å². The predicted octanol–water partition coefficient (Wildman–Crippen LogP) is 3.98. The molecule has 1 aliphatic carbocycles. The second kappa shape index (κ2) is 9.20. The number of amides is 1. The molecule has 2 aromatic heterocycles. The minimum Gasteiger partial charge on any atom is -0.383 e. The minimum absolute atomic E-state index is 0.0234. The van der Waals surface area contributed by atoms with Gasteiger partial charge in [-0.3, -0.25) is 14.8 Å². The fourth-order valence-corrected chi connectivity index (χ4v) is 4.22. The average molecular weight is 417 g/mol. The Bertz CT molecular complexity index is 1120. The maximum atomic E-state index is 13.0. The van der Waals surface area contributed by atoms with Gasteiger partial charge in [-0.2, -0.15) is 0 Å². The zero-order chi connectivity index (χ0) is 21.8. The molecule has 3 aromatic rings. The van der Waals surface area contributed by atoms with Crippen LogP contribution in [0.5, 0.6) is 0 Å². The molecule has 2 N–H and O–H groups in total. The Balaban J connectivity index is 1.60. The van der Waals surface area contributed by atoms with Gasteiger partial charge in [0.25, 0.3) is 5.91 Å². The highest BCUT2D eigenvalue weighted by molar-refractivity contribution is 5.97. The smallest absolute Gasteiger partial charge is 0.253 e. The van der Waals surface area contributed by atoms with Crippen molar-refractivity contribution in [2.24, 2.45) is 10.9 Å². The van der Waals surface area contributed by atoms with Crippen LogP contribution >= 0.6 is 0 Å². The van der Waals surface area contributed by atoms with Gasteiger partial charge in [0.2, 0.25) is 0 Å². The molecule has 7 heteroatoms. The number of carbonyl (C=O) groups excluding carboxylic acids is 1. The molecule has 1 aliphatic rings. The number of aromatic nitrogens is 3. The number of benzene rings is 1. The van der Waals surface area contributed by atoms with E-state index < -0.39 is 0 Å². The van der Waals surface area contributed by atoms with Crippen molar-refractivity contribution in [3.63, 3.8) is 0 Å². The molecule has 1 saturated carbocycles. The highest BCUT2D eigenvalue weighted by Crippen LogP contribution is 2.25. The van der Waals surface area contributed by atoms with E-state index in [4.69, 9.17) is 10.7 Å². The van der Waals surface area contributed by atoms with Gasteiger partial charge in [0.05, 0.1) is 22.9 Å². The molecule has 0 bridgehead atoms. The van der Waals surface area contributed by atoms with Crippen LogP contribution < -0.4 is 5.73 Å². The molecule has 1 fully saturated rings. The number of rotatable bonds is 5. The van der Waals surface area contributed by atoms with E-state index in [0.717, 1.165) is 23.2 Å². The summed E-state index contributed by atoms with van der Waals surface area (Å²) in [5.41, 5.74) is 10.2. The zero-order valence-electron chi connectivity index (χ0n) is 18.1. The number of hydrogen-bond acceptors (Lipinski definition) is 6. The fourth-order valence-electron chi connectivity index (χ4n) is 4.22. The van der Waals surface area contributed by atoms with Gasteiger partial charge in [-0.05, 0) is 43.0 Å². The second-order valence-electron chi connectivity index (χ2n) is 8.23. The summed E-state index contributed by atoms with van der Waals surface area (Å²) in [6.07, 6.45) is 11.3. The van der Waals surface area contributed by atoms with E-state index in [1.807, 2.05) is 36.2 Å². The minimum atomic E-state index is 0.0234. The Hall–Kier alpha value is -3.35. The van der Waals surface area contributed by atoms with Crippen LogP contribution in [0, 0.1) is 5.92 Å². The third kappa shape index (κ3) is 4.71. The number of anilines is 1. The van der Waals surface area contributed by atoms with Crippen LogP contribution in [0.15, 0.2) is 41.7 Å². The van der Waals surface area contributed by atoms with E-state index in [2.05, 4.69) is 15.0 Å². The molecule has 0 unspecified atom stereocenters. The first-order valence-corrected chi connectivity index (χ1v) is 10.8. The summed E-state index contributed by atoms with van der Waals surface area (Å²) in [5.74, 6) is 1.04. The molecule has 31 heavy (non-hydrogen) atoms. The number of aliphatic imine (C=N–C) groups is 1. The highest BCUT2D eigenvalue weighted by Gasteiger charge is 2.19. The normalized spacial score (nSPS) is 14.9. The summed E-state index contributed by atoms with van der Waals surface area (Å²) in [6.45, 7) is 0.807. The number of pyridine rings is 1. The summed E-state index contributed by atoms with van der Waals surface area (Å²) in [7, 11) is 3.58. The van der Waals surface area contributed by atoms with Gasteiger partial charge >= 0.3 is 0 Å². The van der Waals surface area contributed by atoms with E-state index in [0.29, 0.717) is 28.5 Å². The molecular weight excluding hydrogens is 388 g/mol. The third-order valence-corrected chi connectivity index (χ3v) is 5.91. The maximum Gasteiger partial charge on any atom is 0.253 e. The van der Waals surface area contributed by atoms with Crippen molar-refractivity contribution in [1.82, 2.24) is 19.9 Å². The van der Waals surface area contributed by atoms with E-state index in [-0.39, 0.29) is 5.91 Å². The number of nitrogens with two attached hydrogens (primary N) is 1. The molecule has 0 saturated heterocycles. The standard InChI is InChI=1S/C24H28N6O/c1-26-12-19-10-18(13-28-23(19)25)22-14-27-20-9-8-17(11-21(20)29-22)24(31)30(2)15-16-6-4-3-5-7-16/h8-14,16H,3-7,15H2,1-2H3,(H2,25,28). The summed E-state index contributed by atoms with van der Waals surface area (Å²) in [6, 6.07) is 7.39. The van der Waals surface area contributed by atoms with E-state index >= 15 is 0 Å². The Kier molecular flexibility index (Phi) is 6.21.